The summed E-state index contributed by atoms with van der Waals surface area (Å²) in [4.78, 5) is 14.3. The van der Waals surface area contributed by atoms with Crippen molar-refractivity contribution in [1.82, 2.24) is 0 Å². The molecule has 1 amide bonds. The first-order chi connectivity index (χ1) is 9.52. The molecule has 104 valence electrons. The maximum Gasteiger partial charge on any atom is 0.260 e. The van der Waals surface area contributed by atoms with Crippen molar-refractivity contribution in [2.45, 2.75) is 13.8 Å². The molecular formula is C16H19N3O. The van der Waals surface area contributed by atoms with Gasteiger partial charge in [0.25, 0.3) is 5.91 Å². The van der Waals surface area contributed by atoms with E-state index < -0.39 is 0 Å². The minimum Gasteiger partial charge on any atom is -0.399 e. The van der Waals surface area contributed by atoms with Crippen LogP contribution < -0.4 is 16.4 Å². The van der Waals surface area contributed by atoms with Crippen LogP contribution in [0.25, 0.3) is 0 Å². The van der Waals surface area contributed by atoms with E-state index in [1.165, 1.54) is 0 Å². The van der Waals surface area contributed by atoms with E-state index in [2.05, 4.69) is 0 Å². The van der Waals surface area contributed by atoms with E-state index in [0.717, 1.165) is 11.3 Å². The van der Waals surface area contributed by atoms with Gasteiger partial charge in [0.05, 0.1) is 5.56 Å². The molecule has 0 radical (unpaired) electrons. The van der Waals surface area contributed by atoms with Crippen molar-refractivity contribution in [2.75, 3.05) is 22.9 Å². The van der Waals surface area contributed by atoms with E-state index in [1.807, 2.05) is 38.1 Å². The Morgan fingerprint density at radius 2 is 1.75 bits per heavy atom. The molecule has 2 aromatic rings. The summed E-state index contributed by atoms with van der Waals surface area (Å²) in [5, 5.41) is 0. The first kappa shape index (κ1) is 13.9. The average molecular weight is 269 g/mol. The van der Waals surface area contributed by atoms with Crippen LogP contribution in [0.2, 0.25) is 0 Å². The number of hydrogen-bond acceptors (Lipinski definition) is 3. The minimum absolute atomic E-state index is 0.117. The van der Waals surface area contributed by atoms with Gasteiger partial charge in [0.1, 0.15) is 0 Å². The first-order valence-electron chi connectivity index (χ1n) is 6.56. The molecule has 0 fully saturated rings. The molecule has 0 aromatic heterocycles. The molecule has 0 saturated carbocycles. The lowest BCUT2D eigenvalue weighted by atomic mass is 10.1. The molecule has 0 heterocycles. The summed E-state index contributed by atoms with van der Waals surface area (Å²) >= 11 is 0. The number of carbonyl (C=O) groups excluding carboxylic acids is 1. The Labute approximate surface area is 119 Å². The summed E-state index contributed by atoms with van der Waals surface area (Å²) in [5.41, 5.74) is 15.0. The van der Waals surface area contributed by atoms with Crippen molar-refractivity contribution in [1.29, 1.82) is 0 Å². The summed E-state index contributed by atoms with van der Waals surface area (Å²) < 4.78 is 0. The second-order valence-corrected chi connectivity index (χ2v) is 4.73. The second-order valence-electron chi connectivity index (χ2n) is 4.73. The number of amides is 1. The lowest BCUT2D eigenvalue weighted by Gasteiger charge is -2.22. The fraction of sp³-hybridized carbons (Fsp3) is 0.188. The van der Waals surface area contributed by atoms with Crippen LogP contribution in [0, 0.1) is 6.92 Å². The van der Waals surface area contributed by atoms with Crippen LogP contribution in [0.15, 0.2) is 42.5 Å². The third-order valence-electron chi connectivity index (χ3n) is 3.21. The summed E-state index contributed by atoms with van der Waals surface area (Å²) in [7, 11) is 0. The number of aryl methyl sites for hydroxylation is 1. The summed E-state index contributed by atoms with van der Waals surface area (Å²) in [6.07, 6.45) is 0. The summed E-state index contributed by atoms with van der Waals surface area (Å²) in [6.45, 7) is 4.52. The number of nitrogens with two attached hydrogens (primary N) is 2. The Balaban J connectivity index is 2.36. The van der Waals surface area contributed by atoms with Gasteiger partial charge in [-0.15, -0.1) is 0 Å². The van der Waals surface area contributed by atoms with Gasteiger partial charge in [-0.3, -0.25) is 4.79 Å². The van der Waals surface area contributed by atoms with Crippen LogP contribution in [-0.4, -0.2) is 12.5 Å². The molecule has 0 unspecified atom stereocenters. The third kappa shape index (κ3) is 2.74. The molecule has 2 aromatic carbocycles. The summed E-state index contributed by atoms with van der Waals surface area (Å²) in [6, 6.07) is 12.8. The number of nitrogens with zero attached hydrogens (tertiary/aromatic N) is 1. The minimum atomic E-state index is -0.117. The first-order valence-corrected chi connectivity index (χ1v) is 6.56. The van der Waals surface area contributed by atoms with Crippen molar-refractivity contribution in [3.63, 3.8) is 0 Å². The summed E-state index contributed by atoms with van der Waals surface area (Å²) in [5.74, 6) is -0.117. The van der Waals surface area contributed by atoms with Crippen LogP contribution in [0.3, 0.4) is 0 Å². The molecule has 0 spiro atoms. The monoisotopic (exact) mass is 269 g/mol. The molecule has 0 aliphatic heterocycles. The number of carbonyl (C=O) groups is 1. The fourth-order valence-electron chi connectivity index (χ4n) is 2.09. The van der Waals surface area contributed by atoms with Gasteiger partial charge < -0.3 is 16.4 Å². The van der Waals surface area contributed by atoms with Crippen LogP contribution in [0.1, 0.15) is 22.8 Å². The fourth-order valence-corrected chi connectivity index (χ4v) is 2.09. The second kappa shape index (κ2) is 5.65. The molecular weight excluding hydrogens is 250 g/mol. The highest BCUT2D eigenvalue weighted by Crippen LogP contribution is 2.22. The van der Waals surface area contributed by atoms with Gasteiger partial charge in [-0.1, -0.05) is 17.7 Å². The normalized spacial score (nSPS) is 10.3. The molecule has 0 aliphatic carbocycles. The molecule has 0 atom stereocenters. The van der Waals surface area contributed by atoms with Gasteiger partial charge in [0.15, 0.2) is 0 Å². The van der Waals surface area contributed by atoms with Crippen molar-refractivity contribution in [3.8, 4) is 0 Å². The van der Waals surface area contributed by atoms with E-state index in [1.54, 1.807) is 23.1 Å². The SMILES string of the molecule is CCN(C(=O)c1ccc(N)cc1N)c1ccc(C)cc1. The molecule has 4 N–H and O–H groups in total. The molecule has 0 bridgehead atoms. The highest BCUT2D eigenvalue weighted by atomic mass is 16.2. The lowest BCUT2D eigenvalue weighted by Crippen LogP contribution is -2.31. The Kier molecular flexibility index (Phi) is 3.94. The average Bonchev–Trinajstić information content (AvgIpc) is 2.41. The van der Waals surface area contributed by atoms with Gasteiger partial charge in [-0.25, -0.2) is 0 Å². The molecule has 20 heavy (non-hydrogen) atoms. The molecule has 2 rings (SSSR count). The number of anilines is 3. The Bertz CT molecular complexity index is 620. The standard InChI is InChI=1S/C16H19N3O/c1-3-19(13-7-4-11(2)5-8-13)16(20)14-9-6-12(17)10-15(14)18/h4-10H,3,17-18H2,1-2H3. The van der Waals surface area contributed by atoms with Crippen molar-refractivity contribution in [3.05, 3.63) is 53.6 Å². The number of nitrogen functional groups attached to an aromatic ring is 2. The maximum atomic E-state index is 12.6. The largest absolute Gasteiger partial charge is 0.399 e. The van der Waals surface area contributed by atoms with Gasteiger partial charge >= 0.3 is 0 Å². The van der Waals surface area contributed by atoms with Crippen LogP contribution in [0.5, 0.6) is 0 Å². The molecule has 4 nitrogen and oxygen atoms in total. The predicted molar refractivity (Wildman–Crippen MR) is 83.8 cm³/mol. The van der Waals surface area contributed by atoms with E-state index in [-0.39, 0.29) is 5.91 Å². The molecule has 0 aliphatic rings. The Morgan fingerprint density at radius 3 is 2.30 bits per heavy atom. The van der Waals surface area contributed by atoms with Crippen molar-refractivity contribution >= 4 is 23.0 Å². The van der Waals surface area contributed by atoms with E-state index in [0.29, 0.717) is 23.5 Å². The van der Waals surface area contributed by atoms with Crippen molar-refractivity contribution < 1.29 is 4.79 Å². The highest BCUT2D eigenvalue weighted by Gasteiger charge is 2.18. The highest BCUT2D eigenvalue weighted by molar-refractivity contribution is 6.09. The van der Waals surface area contributed by atoms with E-state index >= 15 is 0 Å². The van der Waals surface area contributed by atoms with E-state index in [4.69, 9.17) is 11.5 Å². The third-order valence-corrected chi connectivity index (χ3v) is 3.21. The Morgan fingerprint density at radius 1 is 1.10 bits per heavy atom. The van der Waals surface area contributed by atoms with Gasteiger partial charge in [-0.2, -0.15) is 0 Å². The van der Waals surface area contributed by atoms with Crippen LogP contribution in [-0.2, 0) is 0 Å². The van der Waals surface area contributed by atoms with Crippen LogP contribution in [0.4, 0.5) is 17.1 Å². The van der Waals surface area contributed by atoms with Crippen molar-refractivity contribution in [2.24, 2.45) is 0 Å². The zero-order valence-electron chi connectivity index (χ0n) is 11.8. The van der Waals surface area contributed by atoms with Crippen LogP contribution >= 0.6 is 0 Å². The number of rotatable bonds is 3. The van der Waals surface area contributed by atoms with Gasteiger partial charge in [0, 0.05) is 23.6 Å². The predicted octanol–water partition coefficient (Wildman–Crippen LogP) is 2.83. The molecule has 4 heteroatoms. The quantitative estimate of drug-likeness (QED) is 0.841. The maximum absolute atomic E-state index is 12.6. The zero-order chi connectivity index (χ0) is 14.7. The lowest BCUT2D eigenvalue weighted by molar-refractivity contribution is 0.0989. The number of hydrogen-bond donors (Lipinski definition) is 2. The van der Waals surface area contributed by atoms with Gasteiger partial charge in [0.2, 0.25) is 0 Å². The number of benzene rings is 2. The zero-order valence-corrected chi connectivity index (χ0v) is 11.8. The van der Waals surface area contributed by atoms with Gasteiger partial charge in [-0.05, 0) is 44.2 Å². The Hall–Kier alpha value is -2.49. The topological polar surface area (TPSA) is 72.3 Å². The smallest absolute Gasteiger partial charge is 0.260 e. The van der Waals surface area contributed by atoms with E-state index in [9.17, 15) is 4.79 Å². The molecule has 0 saturated heterocycles.